The zero-order chi connectivity index (χ0) is 23.4. The van der Waals surface area contributed by atoms with E-state index < -0.39 is 0 Å². The number of methoxy groups -OCH3 is 2. The van der Waals surface area contributed by atoms with E-state index in [4.69, 9.17) is 14.0 Å². The van der Waals surface area contributed by atoms with E-state index in [1.807, 2.05) is 37.3 Å². The molecule has 1 N–H and O–H groups in total. The predicted octanol–water partition coefficient (Wildman–Crippen LogP) is 4.52. The van der Waals surface area contributed by atoms with Crippen molar-refractivity contribution in [1.82, 2.24) is 15.0 Å². The van der Waals surface area contributed by atoms with Crippen LogP contribution in [0.15, 0.2) is 40.9 Å². The van der Waals surface area contributed by atoms with E-state index in [1.54, 1.807) is 14.2 Å². The molecule has 9 heteroatoms. The first-order valence-electron chi connectivity index (χ1n) is 10.8. The van der Waals surface area contributed by atoms with E-state index in [0.717, 1.165) is 46.3 Å². The number of aryl methyl sites for hydroxylation is 1. The molecule has 33 heavy (non-hydrogen) atoms. The van der Waals surface area contributed by atoms with Crippen LogP contribution in [0.25, 0.3) is 11.4 Å². The second-order valence-corrected chi connectivity index (χ2v) is 9.33. The normalized spacial score (nSPS) is 14.8. The minimum Gasteiger partial charge on any atom is -0.493 e. The molecular weight excluding hydrogens is 535 g/mol. The molecule has 1 aromatic heterocycles. The molecule has 1 aliphatic heterocycles. The lowest BCUT2D eigenvalue weighted by atomic mass is 9.95. The summed E-state index contributed by atoms with van der Waals surface area (Å²) >= 11 is 2.27. The smallest absolute Gasteiger partial charge is 0.241 e. The van der Waals surface area contributed by atoms with Crippen molar-refractivity contribution in [2.45, 2.75) is 26.3 Å². The van der Waals surface area contributed by atoms with Crippen LogP contribution in [-0.2, 0) is 11.3 Å². The van der Waals surface area contributed by atoms with Gasteiger partial charge in [-0.2, -0.15) is 4.98 Å². The van der Waals surface area contributed by atoms with E-state index in [9.17, 15) is 4.79 Å². The van der Waals surface area contributed by atoms with Gasteiger partial charge in [0.1, 0.15) is 0 Å². The Labute approximate surface area is 206 Å². The maximum Gasteiger partial charge on any atom is 0.241 e. The summed E-state index contributed by atoms with van der Waals surface area (Å²) in [5.74, 6) is 2.42. The van der Waals surface area contributed by atoms with Gasteiger partial charge in [0.2, 0.25) is 17.6 Å². The maximum atomic E-state index is 12.7. The summed E-state index contributed by atoms with van der Waals surface area (Å²) in [5, 5.41) is 7.20. The van der Waals surface area contributed by atoms with Crippen LogP contribution in [0.5, 0.6) is 11.5 Å². The van der Waals surface area contributed by atoms with Crippen LogP contribution in [-0.4, -0.2) is 48.3 Å². The third-order valence-corrected chi connectivity index (χ3v) is 6.54. The zero-order valence-corrected chi connectivity index (χ0v) is 21.1. The maximum absolute atomic E-state index is 12.7. The Balaban J connectivity index is 1.31. The standard InChI is InChI=1S/C24H27IN4O4/c1-15-12-18(25)5-6-19(15)26-24(30)16-8-10-29(11-9-16)14-22-27-23(28-33-22)17-4-7-20(31-2)21(13-17)32-3/h4-7,12-13,16H,8-11,14H2,1-3H3,(H,26,30). The van der Waals surface area contributed by atoms with Gasteiger partial charge >= 0.3 is 0 Å². The molecule has 0 radical (unpaired) electrons. The van der Waals surface area contributed by atoms with E-state index in [1.165, 1.54) is 0 Å². The predicted molar refractivity (Wildman–Crippen MR) is 133 cm³/mol. The van der Waals surface area contributed by atoms with Crippen LogP contribution in [0.1, 0.15) is 24.3 Å². The summed E-state index contributed by atoms with van der Waals surface area (Å²) in [4.78, 5) is 19.5. The molecule has 0 bridgehead atoms. The topological polar surface area (TPSA) is 89.7 Å². The van der Waals surface area contributed by atoms with E-state index >= 15 is 0 Å². The Morgan fingerprint density at radius 1 is 1.15 bits per heavy atom. The Morgan fingerprint density at radius 2 is 1.91 bits per heavy atom. The van der Waals surface area contributed by atoms with Gasteiger partial charge in [-0.15, -0.1) is 0 Å². The Kier molecular flexibility index (Phi) is 7.49. The van der Waals surface area contributed by atoms with Gasteiger partial charge in [0.05, 0.1) is 20.8 Å². The summed E-state index contributed by atoms with van der Waals surface area (Å²) < 4.78 is 17.3. The van der Waals surface area contributed by atoms with Crippen LogP contribution < -0.4 is 14.8 Å². The number of carbonyl (C=O) groups excluding carboxylic acids is 1. The van der Waals surface area contributed by atoms with Crippen molar-refractivity contribution in [3.63, 3.8) is 0 Å². The Morgan fingerprint density at radius 3 is 2.61 bits per heavy atom. The molecule has 8 nitrogen and oxygen atoms in total. The number of carbonyl (C=O) groups is 1. The number of halogens is 1. The van der Waals surface area contributed by atoms with Gasteiger partial charge in [-0.25, -0.2) is 0 Å². The SMILES string of the molecule is COc1ccc(-c2noc(CN3CCC(C(=O)Nc4ccc(I)cc4C)CC3)n2)cc1OC. The van der Waals surface area contributed by atoms with Crippen LogP contribution >= 0.6 is 22.6 Å². The molecule has 1 saturated heterocycles. The highest BCUT2D eigenvalue weighted by molar-refractivity contribution is 14.1. The average molecular weight is 562 g/mol. The van der Waals surface area contributed by atoms with Gasteiger partial charge < -0.3 is 19.3 Å². The third-order valence-electron chi connectivity index (χ3n) is 5.87. The summed E-state index contributed by atoms with van der Waals surface area (Å²) in [5.41, 5.74) is 2.76. The molecule has 1 aliphatic rings. The minimum atomic E-state index is 0.00457. The number of amides is 1. The molecule has 1 amide bonds. The number of piperidine rings is 1. The van der Waals surface area contributed by atoms with E-state index in [2.05, 4.69) is 49.0 Å². The number of hydrogen-bond acceptors (Lipinski definition) is 7. The lowest BCUT2D eigenvalue weighted by molar-refractivity contribution is -0.121. The van der Waals surface area contributed by atoms with Crippen molar-refractivity contribution >= 4 is 34.2 Å². The molecule has 0 spiro atoms. The van der Waals surface area contributed by atoms with Crippen molar-refractivity contribution < 1.29 is 18.8 Å². The number of aromatic nitrogens is 2. The first-order chi connectivity index (χ1) is 16.0. The first-order valence-corrected chi connectivity index (χ1v) is 11.9. The Hall–Kier alpha value is -2.66. The number of hydrogen-bond donors (Lipinski definition) is 1. The van der Waals surface area contributed by atoms with Gasteiger partial charge in [0.25, 0.3) is 0 Å². The number of rotatable bonds is 7. The summed E-state index contributed by atoms with van der Waals surface area (Å²) in [7, 11) is 3.19. The van der Waals surface area contributed by atoms with Crippen LogP contribution in [0, 0.1) is 16.4 Å². The van der Waals surface area contributed by atoms with Gasteiger partial charge in [-0.05, 0) is 97.4 Å². The second-order valence-electron chi connectivity index (χ2n) is 8.08. The highest BCUT2D eigenvalue weighted by Gasteiger charge is 2.26. The fourth-order valence-corrected chi connectivity index (χ4v) is 4.61. The highest BCUT2D eigenvalue weighted by atomic mass is 127. The molecule has 0 atom stereocenters. The lowest BCUT2D eigenvalue weighted by Gasteiger charge is -2.30. The quantitative estimate of drug-likeness (QED) is 0.424. The van der Waals surface area contributed by atoms with Crippen molar-refractivity contribution in [2.75, 3.05) is 32.6 Å². The van der Waals surface area contributed by atoms with E-state index in [-0.39, 0.29) is 11.8 Å². The molecule has 0 saturated carbocycles. The molecule has 2 heterocycles. The molecular formula is C24H27IN4O4. The average Bonchev–Trinajstić information content (AvgIpc) is 3.29. The van der Waals surface area contributed by atoms with Crippen molar-refractivity contribution in [1.29, 1.82) is 0 Å². The van der Waals surface area contributed by atoms with Crippen molar-refractivity contribution in [3.05, 3.63) is 51.4 Å². The number of likely N-dealkylation sites (tertiary alicyclic amines) is 1. The molecule has 0 aliphatic carbocycles. The largest absolute Gasteiger partial charge is 0.493 e. The van der Waals surface area contributed by atoms with Gasteiger partial charge in [-0.1, -0.05) is 5.16 Å². The van der Waals surface area contributed by atoms with Crippen LogP contribution in [0.3, 0.4) is 0 Å². The third kappa shape index (κ3) is 5.64. The highest BCUT2D eigenvalue weighted by Crippen LogP contribution is 2.31. The molecule has 1 fully saturated rings. The zero-order valence-electron chi connectivity index (χ0n) is 18.9. The molecule has 3 aromatic rings. The Bertz CT molecular complexity index is 1130. The van der Waals surface area contributed by atoms with Crippen molar-refractivity contribution in [2.24, 2.45) is 5.92 Å². The van der Waals surface area contributed by atoms with Crippen LogP contribution in [0.4, 0.5) is 5.69 Å². The summed E-state index contributed by atoms with van der Waals surface area (Å²) in [6.45, 7) is 4.18. The molecule has 174 valence electrons. The number of ether oxygens (including phenoxy) is 2. The van der Waals surface area contributed by atoms with Gasteiger partial charge in [0, 0.05) is 20.7 Å². The number of nitrogens with zero attached hydrogens (tertiary/aromatic N) is 3. The first kappa shape index (κ1) is 23.5. The summed E-state index contributed by atoms with van der Waals surface area (Å²) in [6.07, 6.45) is 1.60. The fraction of sp³-hybridized carbons (Fsp3) is 0.375. The van der Waals surface area contributed by atoms with E-state index in [0.29, 0.717) is 29.8 Å². The van der Waals surface area contributed by atoms with Crippen molar-refractivity contribution in [3.8, 4) is 22.9 Å². The molecule has 2 aromatic carbocycles. The number of nitrogens with one attached hydrogen (secondary N) is 1. The van der Waals surface area contributed by atoms with Crippen LogP contribution in [0.2, 0.25) is 0 Å². The molecule has 4 rings (SSSR count). The number of anilines is 1. The monoisotopic (exact) mass is 562 g/mol. The molecule has 0 unspecified atom stereocenters. The minimum absolute atomic E-state index is 0.00457. The second kappa shape index (κ2) is 10.5. The summed E-state index contributed by atoms with van der Waals surface area (Å²) in [6, 6.07) is 11.6. The van der Waals surface area contributed by atoms with Gasteiger partial charge in [-0.3, -0.25) is 9.69 Å². The fourth-order valence-electron chi connectivity index (χ4n) is 3.96. The lowest BCUT2D eigenvalue weighted by Crippen LogP contribution is -2.37. The van der Waals surface area contributed by atoms with Gasteiger partial charge in [0.15, 0.2) is 11.5 Å². The number of benzene rings is 2.